The Hall–Kier alpha value is -2.78. The molecule has 0 radical (unpaired) electrons. The summed E-state index contributed by atoms with van der Waals surface area (Å²) in [6.45, 7) is 21.8. The van der Waals surface area contributed by atoms with Crippen molar-refractivity contribution in [2.24, 2.45) is 9.98 Å². The second-order valence-corrected chi connectivity index (χ2v) is 13.5. The summed E-state index contributed by atoms with van der Waals surface area (Å²) in [5.41, 5.74) is 5.55. The zero-order chi connectivity index (χ0) is 30.3. The van der Waals surface area contributed by atoms with E-state index in [0.29, 0.717) is 37.7 Å². The number of hydrogen-bond donors (Lipinski definition) is 2. The Morgan fingerprint density at radius 2 is 1.00 bits per heavy atom. The lowest BCUT2D eigenvalue weighted by Gasteiger charge is -2.28. The van der Waals surface area contributed by atoms with Crippen LogP contribution in [0.25, 0.3) is 0 Å². The predicted octanol–water partition coefficient (Wildman–Crippen LogP) is 4.90. The minimum absolute atomic E-state index is 0.0510. The summed E-state index contributed by atoms with van der Waals surface area (Å²) in [7, 11) is 0. The lowest BCUT2D eigenvalue weighted by molar-refractivity contribution is 0.0338. The van der Waals surface area contributed by atoms with Gasteiger partial charge < -0.3 is 19.7 Å². The van der Waals surface area contributed by atoms with Gasteiger partial charge in [0.1, 0.15) is 11.5 Å². The van der Waals surface area contributed by atoms with Crippen LogP contribution in [0.2, 0.25) is 0 Å². The van der Waals surface area contributed by atoms with E-state index in [2.05, 4.69) is 73.5 Å². The molecule has 2 saturated heterocycles. The molecule has 0 saturated carbocycles. The zero-order valence-electron chi connectivity index (χ0n) is 26.4. The molecule has 0 spiro atoms. The van der Waals surface area contributed by atoms with Gasteiger partial charge in [0.15, 0.2) is 0 Å². The van der Waals surface area contributed by atoms with Crippen LogP contribution in [0.1, 0.15) is 74.9 Å². The highest BCUT2D eigenvalue weighted by atomic mass is 16.5. The van der Waals surface area contributed by atoms with Crippen molar-refractivity contribution in [2.45, 2.75) is 65.5 Å². The standard InChI is InChI=1S/C34H50N4O4/c1-33(2,3)29-17-25(31(39)27(19-29)23-37-9-13-41-14-10-37)21-35-7-8-36-22-26-18-30(34(4,5)6)20-28(32(26)40)24-38-11-15-42-16-12-38/h17-22,39-40H,7-16,23-24H2,1-6H3. The van der Waals surface area contributed by atoms with E-state index in [-0.39, 0.29) is 10.8 Å². The zero-order valence-corrected chi connectivity index (χ0v) is 26.4. The van der Waals surface area contributed by atoms with Crippen LogP contribution in [0.15, 0.2) is 34.3 Å². The van der Waals surface area contributed by atoms with E-state index >= 15 is 0 Å². The van der Waals surface area contributed by atoms with Crippen LogP contribution in [0, 0.1) is 0 Å². The van der Waals surface area contributed by atoms with Gasteiger partial charge in [0.25, 0.3) is 0 Å². The Kier molecular flexibility index (Phi) is 10.8. The van der Waals surface area contributed by atoms with E-state index in [1.54, 1.807) is 12.4 Å². The van der Waals surface area contributed by atoms with Crippen LogP contribution in [-0.4, -0.2) is 98.1 Å². The number of aliphatic imine (C=N–C) groups is 2. The molecule has 0 aromatic heterocycles. The van der Waals surface area contributed by atoms with Crippen molar-refractivity contribution in [3.8, 4) is 11.5 Å². The molecule has 0 amide bonds. The Balaban J connectivity index is 1.46. The first-order valence-corrected chi connectivity index (χ1v) is 15.2. The molecule has 2 N–H and O–H groups in total. The number of aromatic hydroxyl groups is 2. The number of hydrogen-bond acceptors (Lipinski definition) is 8. The fourth-order valence-electron chi connectivity index (χ4n) is 5.18. The fourth-order valence-corrected chi connectivity index (χ4v) is 5.18. The van der Waals surface area contributed by atoms with Crippen molar-refractivity contribution in [2.75, 3.05) is 65.7 Å². The SMILES string of the molecule is CC(C)(C)c1cc(C=NCCN=Cc2cc(C(C)(C)C)cc(CN3CCOCC3)c2O)c(O)c(CN2CCOCC2)c1. The molecule has 8 nitrogen and oxygen atoms in total. The molecule has 2 aromatic carbocycles. The molecular formula is C34H50N4O4. The molecule has 2 aliphatic heterocycles. The number of rotatable bonds is 9. The van der Waals surface area contributed by atoms with Gasteiger partial charge in [-0.15, -0.1) is 0 Å². The number of phenolic OH excluding ortho intramolecular Hbond substituents is 2. The molecule has 8 heteroatoms. The number of benzene rings is 2. The normalized spacial score (nSPS) is 18.0. The summed E-state index contributed by atoms with van der Waals surface area (Å²) in [5.74, 6) is 0.580. The highest BCUT2D eigenvalue weighted by molar-refractivity contribution is 5.85. The van der Waals surface area contributed by atoms with Crippen molar-refractivity contribution in [3.05, 3.63) is 57.6 Å². The smallest absolute Gasteiger partial charge is 0.128 e. The van der Waals surface area contributed by atoms with Crippen molar-refractivity contribution in [1.82, 2.24) is 9.80 Å². The molecule has 2 heterocycles. The average Bonchev–Trinajstić information content (AvgIpc) is 2.94. The summed E-state index contributed by atoms with van der Waals surface area (Å²) >= 11 is 0. The van der Waals surface area contributed by atoms with E-state index in [1.165, 1.54) is 11.1 Å². The topological polar surface area (TPSA) is 90.1 Å². The van der Waals surface area contributed by atoms with E-state index < -0.39 is 0 Å². The molecule has 2 fully saturated rings. The minimum atomic E-state index is -0.0510. The Bertz CT molecular complexity index is 1150. The summed E-state index contributed by atoms with van der Waals surface area (Å²) in [5, 5.41) is 22.2. The van der Waals surface area contributed by atoms with Gasteiger partial charge in [0.2, 0.25) is 0 Å². The van der Waals surface area contributed by atoms with E-state index in [1.807, 2.05) is 12.1 Å². The highest BCUT2D eigenvalue weighted by Gasteiger charge is 2.22. The third kappa shape index (κ3) is 8.86. The van der Waals surface area contributed by atoms with Crippen molar-refractivity contribution < 1.29 is 19.7 Å². The average molecular weight is 579 g/mol. The Morgan fingerprint density at radius 3 is 1.33 bits per heavy atom. The van der Waals surface area contributed by atoms with Crippen molar-refractivity contribution in [1.29, 1.82) is 0 Å². The predicted molar refractivity (Wildman–Crippen MR) is 171 cm³/mol. The van der Waals surface area contributed by atoms with Gasteiger partial charge in [0, 0.05) is 74.0 Å². The van der Waals surface area contributed by atoms with Gasteiger partial charge >= 0.3 is 0 Å². The van der Waals surface area contributed by atoms with Crippen LogP contribution in [-0.2, 0) is 33.4 Å². The molecule has 42 heavy (non-hydrogen) atoms. The van der Waals surface area contributed by atoms with E-state index in [4.69, 9.17) is 9.47 Å². The number of ether oxygens (including phenoxy) is 2. The van der Waals surface area contributed by atoms with Crippen LogP contribution >= 0.6 is 0 Å². The molecule has 2 aromatic rings. The van der Waals surface area contributed by atoms with E-state index in [9.17, 15) is 10.2 Å². The van der Waals surface area contributed by atoms with Gasteiger partial charge in [-0.25, -0.2) is 0 Å². The third-order valence-corrected chi connectivity index (χ3v) is 7.98. The fraction of sp³-hybridized carbons (Fsp3) is 0.588. The number of nitrogens with zero attached hydrogens (tertiary/aromatic N) is 4. The van der Waals surface area contributed by atoms with Gasteiger partial charge in [-0.2, -0.15) is 0 Å². The molecule has 2 aliphatic rings. The first-order valence-electron chi connectivity index (χ1n) is 15.2. The summed E-state index contributed by atoms with van der Waals surface area (Å²) in [6, 6.07) is 8.32. The Labute approximate surface area is 252 Å². The highest BCUT2D eigenvalue weighted by Crippen LogP contribution is 2.33. The van der Waals surface area contributed by atoms with Crippen LogP contribution in [0.5, 0.6) is 11.5 Å². The number of morpholine rings is 2. The first-order chi connectivity index (χ1) is 19.9. The summed E-state index contributed by atoms with van der Waals surface area (Å²) < 4.78 is 11.0. The van der Waals surface area contributed by atoms with Crippen molar-refractivity contribution in [3.63, 3.8) is 0 Å². The van der Waals surface area contributed by atoms with Crippen LogP contribution in [0.3, 0.4) is 0 Å². The van der Waals surface area contributed by atoms with Gasteiger partial charge in [0.05, 0.1) is 39.5 Å². The monoisotopic (exact) mass is 578 g/mol. The molecular weight excluding hydrogens is 528 g/mol. The third-order valence-electron chi connectivity index (χ3n) is 7.98. The number of phenols is 2. The molecule has 4 rings (SSSR count). The first kappa shape index (κ1) is 32.1. The second-order valence-electron chi connectivity index (χ2n) is 13.5. The molecule has 230 valence electrons. The molecule has 0 atom stereocenters. The minimum Gasteiger partial charge on any atom is -0.507 e. The maximum absolute atomic E-state index is 11.1. The summed E-state index contributed by atoms with van der Waals surface area (Å²) in [6.07, 6.45) is 3.53. The Morgan fingerprint density at radius 1 is 0.643 bits per heavy atom. The largest absolute Gasteiger partial charge is 0.507 e. The molecule has 0 unspecified atom stereocenters. The maximum Gasteiger partial charge on any atom is 0.128 e. The molecule has 0 aliphatic carbocycles. The molecule has 0 bridgehead atoms. The van der Waals surface area contributed by atoms with Crippen LogP contribution < -0.4 is 0 Å². The van der Waals surface area contributed by atoms with Gasteiger partial charge in [-0.3, -0.25) is 19.8 Å². The lowest BCUT2D eigenvalue weighted by Crippen LogP contribution is -2.35. The van der Waals surface area contributed by atoms with Crippen LogP contribution in [0.4, 0.5) is 0 Å². The lowest BCUT2D eigenvalue weighted by atomic mass is 9.84. The quantitative estimate of drug-likeness (QED) is 0.325. The maximum atomic E-state index is 11.1. The summed E-state index contributed by atoms with van der Waals surface area (Å²) in [4.78, 5) is 13.8. The van der Waals surface area contributed by atoms with Crippen molar-refractivity contribution >= 4 is 12.4 Å². The second kappa shape index (κ2) is 14.1. The van der Waals surface area contributed by atoms with Gasteiger partial charge in [-0.05, 0) is 34.1 Å². The van der Waals surface area contributed by atoms with E-state index in [0.717, 1.165) is 74.9 Å². The van der Waals surface area contributed by atoms with Gasteiger partial charge in [-0.1, -0.05) is 53.7 Å².